The second kappa shape index (κ2) is 8.18. The van der Waals surface area contributed by atoms with Gasteiger partial charge < -0.3 is 5.11 Å². The van der Waals surface area contributed by atoms with E-state index in [0.717, 1.165) is 48.3 Å². The summed E-state index contributed by atoms with van der Waals surface area (Å²) in [6.45, 7) is 12.4. The summed E-state index contributed by atoms with van der Waals surface area (Å²) in [5, 5.41) is 10.2. The lowest BCUT2D eigenvalue weighted by atomic mass is 9.47. The molecule has 0 aromatic heterocycles. The number of aliphatic hydroxyl groups excluding tert-OH is 1. The summed E-state index contributed by atoms with van der Waals surface area (Å²) in [6, 6.07) is 0. The minimum absolute atomic E-state index is 0.0846. The average Bonchev–Trinajstić information content (AvgIpc) is 3.05. The Morgan fingerprint density at radius 2 is 1.90 bits per heavy atom. The van der Waals surface area contributed by atoms with Crippen molar-refractivity contribution < 1.29 is 5.11 Å². The van der Waals surface area contributed by atoms with E-state index in [1.807, 2.05) is 0 Å². The van der Waals surface area contributed by atoms with E-state index in [-0.39, 0.29) is 6.10 Å². The van der Waals surface area contributed by atoms with Gasteiger partial charge in [0.2, 0.25) is 0 Å². The van der Waals surface area contributed by atoms with Crippen molar-refractivity contribution in [2.24, 2.45) is 46.3 Å². The Morgan fingerprint density at radius 1 is 1.10 bits per heavy atom. The van der Waals surface area contributed by atoms with Crippen molar-refractivity contribution in [3.63, 3.8) is 0 Å². The van der Waals surface area contributed by atoms with Crippen LogP contribution in [0.15, 0.2) is 23.8 Å². The first-order chi connectivity index (χ1) is 13.8. The highest BCUT2D eigenvalue weighted by Gasteiger charge is 2.58. The van der Waals surface area contributed by atoms with Crippen molar-refractivity contribution in [3.05, 3.63) is 23.8 Å². The standard InChI is InChI=1S/C28H46O/c1-6-19(2)8-7-9-20(3)24-12-13-25-23-11-10-21-18-22(29)14-16-27(21,4)26(23)15-17-28(24,25)5/h7,9-10,19-20,22-26,29H,6,8,11-18H2,1-5H3. The molecule has 164 valence electrons. The third-order valence-corrected chi connectivity index (χ3v) is 10.5. The van der Waals surface area contributed by atoms with E-state index in [4.69, 9.17) is 0 Å². The topological polar surface area (TPSA) is 20.2 Å². The van der Waals surface area contributed by atoms with Gasteiger partial charge in [-0.25, -0.2) is 0 Å². The second-order valence-electron chi connectivity index (χ2n) is 11.9. The van der Waals surface area contributed by atoms with Crippen molar-refractivity contribution >= 4 is 0 Å². The van der Waals surface area contributed by atoms with Crippen LogP contribution in [0.4, 0.5) is 0 Å². The lowest BCUT2D eigenvalue weighted by Gasteiger charge is -2.58. The van der Waals surface area contributed by atoms with Crippen molar-refractivity contribution in [2.75, 3.05) is 0 Å². The van der Waals surface area contributed by atoms with Gasteiger partial charge in [0, 0.05) is 0 Å². The third kappa shape index (κ3) is 3.68. The SMILES string of the molecule is CCC(C)CC=CC(C)C1CCC2C3CC=C4CC(O)CCC4(C)C3CCC12C. The number of aliphatic hydroxyl groups is 1. The van der Waals surface area contributed by atoms with Crippen LogP contribution in [0.1, 0.15) is 98.8 Å². The number of fused-ring (bicyclic) bond motifs is 5. The number of hydrogen-bond donors (Lipinski definition) is 1. The highest BCUT2D eigenvalue weighted by atomic mass is 16.3. The molecule has 0 bridgehead atoms. The van der Waals surface area contributed by atoms with Crippen molar-refractivity contribution in [2.45, 2.75) is 105 Å². The smallest absolute Gasteiger partial charge is 0.0577 e. The van der Waals surface area contributed by atoms with E-state index in [1.54, 1.807) is 5.57 Å². The summed E-state index contributed by atoms with van der Waals surface area (Å²) in [6.07, 6.45) is 20.3. The number of allylic oxidation sites excluding steroid dienone is 3. The largest absolute Gasteiger partial charge is 0.393 e. The Morgan fingerprint density at radius 3 is 2.66 bits per heavy atom. The molecule has 0 saturated heterocycles. The van der Waals surface area contributed by atoms with Crippen LogP contribution >= 0.6 is 0 Å². The van der Waals surface area contributed by atoms with Crippen molar-refractivity contribution in [1.82, 2.24) is 0 Å². The van der Waals surface area contributed by atoms with E-state index in [0.29, 0.717) is 10.8 Å². The van der Waals surface area contributed by atoms with Gasteiger partial charge in [-0.2, -0.15) is 0 Å². The molecule has 4 aliphatic rings. The van der Waals surface area contributed by atoms with Gasteiger partial charge in [0.05, 0.1) is 6.10 Å². The molecule has 0 amide bonds. The average molecular weight is 399 g/mol. The molecule has 0 aliphatic heterocycles. The monoisotopic (exact) mass is 398 g/mol. The zero-order valence-electron chi connectivity index (χ0n) is 19.8. The second-order valence-corrected chi connectivity index (χ2v) is 11.9. The fourth-order valence-corrected chi connectivity index (χ4v) is 8.37. The van der Waals surface area contributed by atoms with Gasteiger partial charge in [-0.3, -0.25) is 0 Å². The lowest BCUT2D eigenvalue weighted by Crippen LogP contribution is -2.50. The predicted octanol–water partition coefficient (Wildman–Crippen LogP) is 7.55. The molecule has 3 fully saturated rings. The summed E-state index contributed by atoms with van der Waals surface area (Å²) in [4.78, 5) is 0. The first-order valence-corrected chi connectivity index (χ1v) is 12.8. The van der Waals surface area contributed by atoms with Crippen LogP contribution in [0.5, 0.6) is 0 Å². The Kier molecular flexibility index (Phi) is 6.11. The summed E-state index contributed by atoms with van der Waals surface area (Å²) >= 11 is 0. The molecule has 4 aliphatic carbocycles. The first-order valence-electron chi connectivity index (χ1n) is 12.8. The molecule has 29 heavy (non-hydrogen) atoms. The van der Waals surface area contributed by atoms with Crippen LogP contribution in [0.2, 0.25) is 0 Å². The van der Waals surface area contributed by atoms with Crippen LogP contribution in [0, 0.1) is 46.3 Å². The third-order valence-electron chi connectivity index (χ3n) is 10.5. The van der Waals surface area contributed by atoms with E-state index >= 15 is 0 Å². The summed E-state index contributed by atoms with van der Waals surface area (Å²) in [7, 11) is 0. The maximum absolute atomic E-state index is 10.2. The fourth-order valence-electron chi connectivity index (χ4n) is 8.37. The number of rotatable bonds is 5. The van der Waals surface area contributed by atoms with Crippen LogP contribution in [-0.4, -0.2) is 11.2 Å². The van der Waals surface area contributed by atoms with Crippen LogP contribution in [0.25, 0.3) is 0 Å². The van der Waals surface area contributed by atoms with Gasteiger partial charge in [-0.15, -0.1) is 0 Å². The molecule has 0 radical (unpaired) electrons. The first kappa shape index (κ1) is 21.7. The number of hydrogen-bond acceptors (Lipinski definition) is 1. The minimum atomic E-state index is -0.0846. The molecule has 1 heteroatoms. The highest BCUT2D eigenvalue weighted by molar-refractivity contribution is 5.25. The van der Waals surface area contributed by atoms with Gasteiger partial charge in [0.1, 0.15) is 0 Å². The predicted molar refractivity (Wildman–Crippen MR) is 124 cm³/mol. The molecule has 9 atom stereocenters. The van der Waals surface area contributed by atoms with Crippen LogP contribution in [-0.2, 0) is 0 Å². The normalized spacial score (nSPS) is 46.6. The summed E-state index contributed by atoms with van der Waals surface area (Å²) in [5.74, 6) is 5.08. The fraction of sp³-hybridized carbons (Fsp3) is 0.857. The Bertz CT molecular complexity index is 647. The highest BCUT2D eigenvalue weighted by Crippen LogP contribution is 2.67. The van der Waals surface area contributed by atoms with E-state index in [9.17, 15) is 5.11 Å². The van der Waals surface area contributed by atoms with Crippen molar-refractivity contribution in [3.8, 4) is 0 Å². The molecular formula is C28H46O. The quantitative estimate of drug-likeness (QED) is 0.474. The molecule has 3 saturated carbocycles. The maximum Gasteiger partial charge on any atom is 0.0577 e. The Balaban J connectivity index is 1.50. The van der Waals surface area contributed by atoms with E-state index in [1.165, 1.54) is 51.4 Å². The summed E-state index contributed by atoms with van der Waals surface area (Å²) < 4.78 is 0. The molecule has 0 spiro atoms. The summed E-state index contributed by atoms with van der Waals surface area (Å²) in [5.41, 5.74) is 2.53. The van der Waals surface area contributed by atoms with E-state index in [2.05, 4.69) is 52.8 Å². The van der Waals surface area contributed by atoms with Gasteiger partial charge in [-0.1, -0.05) is 64.8 Å². The lowest BCUT2D eigenvalue weighted by molar-refractivity contribution is -0.0540. The van der Waals surface area contributed by atoms with Gasteiger partial charge in [-0.05, 0) is 104 Å². The van der Waals surface area contributed by atoms with Crippen LogP contribution in [0.3, 0.4) is 0 Å². The Labute approximate surface area is 180 Å². The Hall–Kier alpha value is -0.560. The zero-order chi connectivity index (χ0) is 20.8. The molecule has 1 N–H and O–H groups in total. The molecule has 1 nitrogen and oxygen atoms in total. The van der Waals surface area contributed by atoms with E-state index < -0.39 is 0 Å². The van der Waals surface area contributed by atoms with Crippen molar-refractivity contribution in [1.29, 1.82) is 0 Å². The van der Waals surface area contributed by atoms with Gasteiger partial charge in [0.25, 0.3) is 0 Å². The van der Waals surface area contributed by atoms with Crippen LogP contribution < -0.4 is 0 Å². The molecular weight excluding hydrogens is 352 g/mol. The maximum atomic E-state index is 10.2. The molecule has 4 rings (SSSR count). The zero-order valence-corrected chi connectivity index (χ0v) is 19.8. The van der Waals surface area contributed by atoms with Gasteiger partial charge in [0.15, 0.2) is 0 Å². The molecule has 0 heterocycles. The molecule has 0 aromatic carbocycles. The minimum Gasteiger partial charge on any atom is -0.393 e. The van der Waals surface area contributed by atoms with Gasteiger partial charge >= 0.3 is 0 Å². The molecule has 0 aromatic rings. The molecule has 9 unspecified atom stereocenters.